The van der Waals surface area contributed by atoms with Gasteiger partial charge in [-0.1, -0.05) is 13.3 Å². The Kier molecular flexibility index (Phi) is 3.95. The summed E-state index contributed by atoms with van der Waals surface area (Å²) in [5.41, 5.74) is 0.871. The summed E-state index contributed by atoms with van der Waals surface area (Å²) < 4.78 is 11.1. The smallest absolute Gasteiger partial charge is 0.165 e. The fraction of sp³-hybridized carbons (Fsp3) is 1.00. The molecule has 1 saturated heterocycles. The highest BCUT2D eigenvalue weighted by Crippen LogP contribution is 2.26. The molecule has 3 heteroatoms. The van der Waals surface area contributed by atoms with Crippen LogP contribution in [-0.2, 0) is 9.16 Å². The Morgan fingerprint density at radius 3 is 2.54 bits per heavy atom. The molecule has 0 aromatic heterocycles. The molecular formula is C10H22O2Si. The lowest BCUT2D eigenvalue weighted by Crippen LogP contribution is -2.24. The molecule has 2 unspecified atom stereocenters. The van der Waals surface area contributed by atoms with Gasteiger partial charge in [0.05, 0.1) is 12.7 Å². The summed E-state index contributed by atoms with van der Waals surface area (Å²) in [6, 6.07) is 0. The van der Waals surface area contributed by atoms with Crippen molar-refractivity contribution in [2.75, 3.05) is 6.61 Å². The second kappa shape index (κ2) is 4.58. The van der Waals surface area contributed by atoms with E-state index >= 15 is 0 Å². The maximum Gasteiger partial charge on any atom is 0.165 e. The van der Waals surface area contributed by atoms with Gasteiger partial charge in [0.1, 0.15) is 0 Å². The fourth-order valence-electron chi connectivity index (χ4n) is 1.30. The lowest BCUT2D eigenvalue weighted by molar-refractivity contribution is 0.134. The van der Waals surface area contributed by atoms with Crippen molar-refractivity contribution in [2.45, 2.75) is 57.8 Å². The average Bonchev–Trinajstić information content (AvgIpc) is 2.79. The van der Waals surface area contributed by atoms with Gasteiger partial charge in [-0.3, -0.25) is 0 Å². The third kappa shape index (κ3) is 5.44. The van der Waals surface area contributed by atoms with E-state index in [0.29, 0.717) is 6.10 Å². The molecule has 2 atom stereocenters. The van der Waals surface area contributed by atoms with Crippen molar-refractivity contribution in [3.63, 3.8) is 0 Å². The van der Waals surface area contributed by atoms with Crippen molar-refractivity contribution in [3.8, 4) is 0 Å². The van der Waals surface area contributed by atoms with Crippen LogP contribution in [0.2, 0.25) is 5.54 Å². The Morgan fingerprint density at radius 1 is 1.54 bits per heavy atom. The van der Waals surface area contributed by atoms with Gasteiger partial charge in [-0.2, -0.15) is 0 Å². The van der Waals surface area contributed by atoms with Gasteiger partial charge >= 0.3 is 0 Å². The van der Waals surface area contributed by atoms with Gasteiger partial charge in [0.15, 0.2) is 9.76 Å². The quantitative estimate of drug-likeness (QED) is 0.501. The van der Waals surface area contributed by atoms with Crippen LogP contribution < -0.4 is 0 Å². The van der Waals surface area contributed by atoms with E-state index in [4.69, 9.17) is 9.16 Å². The topological polar surface area (TPSA) is 21.8 Å². The maximum absolute atomic E-state index is 5.89. The van der Waals surface area contributed by atoms with Crippen LogP contribution in [0.3, 0.4) is 0 Å². The monoisotopic (exact) mass is 202 g/mol. The van der Waals surface area contributed by atoms with Crippen molar-refractivity contribution in [1.82, 2.24) is 0 Å². The highest BCUT2D eigenvalue weighted by molar-refractivity contribution is 6.29. The lowest BCUT2D eigenvalue weighted by Gasteiger charge is -2.23. The summed E-state index contributed by atoms with van der Waals surface area (Å²) in [5, 5.41) is 0. The molecule has 1 heterocycles. The number of ether oxygens (including phenoxy) is 1. The molecule has 78 valence electrons. The average molecular weight is 202 g/mol. The van der Waals surface area contributed by atoms with Crippen molar-refractivity contribution in [2.24, 2.45) is 0 Å². The predicted octanol–water partition coefficient (Wildman–Crippen LogP) is 1.87. The molecule has 0 bridgehead atoms. The summed E-state index contributed by atoms with van der Waals surface area (Å²) in [6.45, 7) is 9.66. The minimum Gasteiger partial charge on any atom is -0.419 e. The van der Waals surface area contributed by atoms with Crippen molar-refractivity contribution >= 4 is 9.76 Å². The molecule has 2 nitrogen and oxygen atoms in total. The highest BCUT2D eigenvalue weighted by Gasteiger charge is 2.27. The Hall–Kier alpha value is 0.137. The van der Waals surface area contributed by atoms with Crippen LogP contribution in [0.1, 0.15) is 40.5 Å². The molecule has 0 saturated carbocycles. The number of hydrogen-bond acceptors (Lipinski definition) is 2. The third-order valence-electron chi connectivity index (χ3n) is 2.33. The van der Waals surface area contributed by atoms with Gasteiger partial charge in [-0.05, 0) is 32.7 Å². The van der Waals surface area contributed by atoms with E-state index in [2.05, 4.69) is 27.7 Å². The normalized spacial score (nSPS) is 25.4. The first-order chi connectivity index (χ1) is 6.01. The summed E-state index contributed by atoms with van der Waals surface area (Å²) in [5.74, 6) is 0. The van der Waals surface area contributed by atoms with Crippen LogP contribution in [0.25, 0.3) is 0 Å². The highest BCUT2D eigenvalue weighted by atomic mass is 28.2. The largest absolute Gasteiger partial charge is 0.419 e. The first kappa shape index (κ1) is 11.2. The SMILES string of the molecule is CCC(CC1CO1)[SiH2]OC(C)(C)C. The van der Waals surface area contributed by atoms with Crippen LogP contribution in [0.4, 0.5) is 0 Å². The Labute approximate surface area is 83.9 Å². The van der Waals surface area contributed by atoms with Gasteiger partial charge in [0.25, 0.3) is 0 Å². The van der Waals surface area contributed by atoms with Crippen LogP contribution in [-0.4, -0.2) is 28.1 Å². The van der Waals surface area contributed by atoms with E-state index in [1.165, 1.54) is 12.8 Å². The summed E-state index contributed by atoms with van der Waals surface area (Å²) in [7, 11) is -0.362. The van der Waals surface area contributed by atoms with Crippen molar-refractivity contribution in [1.29, 1.82) is 0 Å². The molecule has 0 aromatic carbocycles. The van der Waals surface area contributed by atoms with Crippen LogP contribution in [0, 0.1) is 0 Å². The predicted molar refractivity (Wildman–Crippen MR) is 57.8 cm³/mol. The van der Waals surface area contributed by atoms with Crippen LogP contribution in [0.15, 0.2) is 0 Å². The van der Waals surface area contributed by atoms with Gasteiger partial charge in [-0.25, -0.2) is 0 Å². The molecule has 0 aromatic rings. The Bertz CT molecular complexity index is 149. The molecular weight excluding hydrogens is 180 g/mol. The molecule has 0 aliphatic carbocycles. The van der Waals surface area contributed by atoms with E-state index in [0.717, 1.165) is 12.1 Å². The Balaban J connectivity index is 2.14. The van der Waals surface area contributed by atoms with Crippen LogP contribution in [0.5, 0.6) is 0 Å². The number of rotatable bonds is 5. The summed E-state index contributed by atoms with van der Waals surface area (Å²) in [4.78, 5) is 0. The molecule has 0 amide bonds. The molecule has 13 heavy (non-hydrogen) atoms. The van der Waals surface area contributed by atoms with Crippen molar-refractivity contribution < 1.29 is 9.16 Å². The van der Waals surface area contributed by atoms with E-state index in [-0.39, 0.29) is 15.4 Å². The Morgan fingerprint density at radius 2 is 2.15 bits per heavy atom. The molecule has 1 aliphatic heterocycles. The number of epoxide rings is 1. The van der Waals surface area contributed by atoms with E-state index in [9.17, 15) is 0 Å². The second-order valence-corrected chi connectivity index (χ2v) is 6.67. The zero-order valence-electron chi connectivity index (χ0n) is 9.30. The first-order valence-corrected chi connectivity index (χ1v) is 6.66. The van der Waals surface area contributed by atoms with Crippen molar-refractivity contribution in [3.05, 3.63) is 0 Å². The zero-order chi connectivity index (χ0) is 9.90. The lowest BCUT2D eigenvalue weighted by atomic mass is 10.2. The third-order valence-corrected chi connectivity index (χ3v) is 4.74. The molecule has 1 rings (SSSR count). The van der Waals surface area contributed by atoms with Gasteiger partial charge in [0.2, 0.25) is 0 Å². The minimum atomic E-state index is -0.362. The van der Waals surface area contributed by atoms with E-state index < -0.39 is 0 Å². The molecule has 1 aliphatic rings. The molecule has 0 spiro atoms. The second-order valence-electron chi connectivity index (χ2n) is 4.89. The van der Waals surface area contributed by atoms with E-state index in [1.54, 1.807) is 0 Å². The number of hydrogen-bond donors (Lipinski definition) is 0. The van der Waals surface area contributed by atoms with Gasteiger partial charge < -0.3 is 9.16 Å². The standard InChI is InChI=1S/C10H22O2Si/c1-5-9(6-8-7-11-8)13-12-10(2,3)4/h8-9H,5-7,13H2,1-4H3. The molecule has 0 radical (unpaired) electrons. The maximum atomic E-state index is 5.89. The van der Waals surface area contributed by atoms with Crippen LogP contribution >= 0.6 is 0 Å². The van der Waals surface area contributed by atoms with Gasteiger partial charge in [-0.15, -0.1) is 0 Å². The summed E-state index contributed by atoms with van der Waals surface area (Å²) >= 11 is 0. The summed E-state index contributed by atoms with van der Waals surface area (Å²) in [6.07, 6.45) is 3.06. The fourth-order valence-corrected chi connectivity index (χ4v) is 2.78. The van der Waals surface area contributed by atoms with E-state index in [1.807, 2.05) is 0 Å². The zero-order valence-corrected chi connectivity index (χ0v) is 10.7. The molecule has 0 N–H and O–H groups in total. The van der Waals surface area contributed by atoms with Gasteiger partial charge in [0, 0.05) is 5.60 Å². The minimum absolute atomic E-state index is 0.0596. The first-order valence-electron chi connectivity index (χ1n) is 5.27. The molecule has 1 fully saturated rings.